The molecule has 1 rings (SSSR count). The number of nitrogens with zero attached hydrogens (tertiary/aromatic N) is 1. The second-order valence-corrected chi connectivity index (χ2v) is 4.02. The third-order valence-corrected chi connectivity index (χ3v) is 2.44. The van der Waals surface area contributed by atoms with Gasteiger partial charge >= 0.3 is 0 Å². The smallest absolute Gasteiger partial charge is 0.105 e. The third kappa shape index (κ3) is 4.73. The van der Waals surface area contributed by atoms with Crippen molar-refractivity contribution in [3.8, 4) is 0 Å². The molecule has 0 atom stereocenters. The van der Waals surface area contributed by atoms with Gasteiger partial charge in [0.15, 0.2) is 0 Å². The lowest BCUT2D eigenvalue weighted by Gasteiger charge is -2.15. The molecule has 0 aromatic carbocycles. The first-order valence-corrected chi connectivity index (χ1v) is 5.77. The quantitative estimate of drug-likeness (QED) is 0.572. The van der Waals surface area contributed by atoms with Crippen molar-refractivity contribution in [1.82, 2.24) is 4.90 Å². The van der Waals surface area contributed by atoms with E-state index in [0.717, 1.165) is 37.8 Å². The van der Waals surface area contributed by atoms with Crippen LogP contribution in [-0.2, 0) is 11.3 Å². The Labute approximate surface area is 96.8 Å². The minimum atomic E-state index is 0.724. The second-order valence-electron chi connectivity index (χ2n) is 3.58. The molecular weight excluding hydrogens is 210 g/mol. The second kappa shape index (κ2) is 6.93. The SMILES string of the molecule is Cc1occc1CN(C)CCOCCS. The maximum Gasteiger partial charge on any atom is 0.105 e. The van der Waals surface area contributed by atoms with Crippen LogP contribution in [0.15, 0.2) is 16.7 Å². The van der Waals surface area contributed by atoms with Gasteiger partial charge in [-0.3, -0.25) is 4.90 Å². The summed E-state index contributed by atoms with van der Waals surface area (Å²) in [6.45, 7) is 5.31. The van der Waals surface area contributed by atoms with Crippen LogP contribution >= 0.6 is 12.6 Å². The molecule has 0 saturated carbocycles. The molecule has 1 aromatic rings. The Kier molecular flexibility index (Phi) is 5.83. The fourth-order valence-corrected chi connectivity index (χ4v) is 1.46. The molecule has 0 aliphatic heterocycles. The maximum atomic E-state index is 5.36. The largest absolute Gasteiger partial charge is 0.469 e. The number of thiol groups is 1. The number of likely N-dealkylation sites (N-methyl/N-ethyl adjacent to an activating group) is 1. The fourth-order valence-electron chi connectivity index (χ4n) is 1.33. The third-order valence-electron chi connectivity index (χ3n) is 2.26. The van der Waals surface area contributed by atoms with Crippen molar-refractivity contribution in [2.75, 3.05) is 32.6 Å². The summed E-state index contributed by atoms with van der Waals surface area (Å²) in [4.78, 5) is 2.22. The van der Waals surface area contributed by atoms with Crippen molar-refractivity contribution in [3.05, 3.63) is 23.7 Å². The minimum Gasteiger partial charge on any atom is -0.469 e. The predicted molar refractivity (Wildman–Crippen MR) is 64.5 cm³/mol. The van der Waals surface area contributed by atoms with Gasteiger partial charge in [0.2, 0.25) is 0 Å². The molecule has 4 heteroatoms. The van der Waals surface area contributed by atoms with E-state index in [1.165, 1.54) is 5.56 Å². The van der Waals surface area contributed by atoms with E-state index in [1.807, 2.05) is 13.0 Å². The lowest BCUT2D eigenvalue weighted by atomic mass is 10.2. The van der Waals surface area contributed by atoms with Crippen LogP contribution in [0.2, 0.25) is 0 Å². The van der Waals surface area contributed by atoms with Crippen molar-refractivity contribution in [1.29, 1.82) is 0 Å². The summed E-state index contributed by atoms with van der Waals surface area (Å²) in [6.07, 6.45) is 1.73. The van der Waals surface area contributed by atoms with Crippen LogP contribution in [0.1, 0.15) is 11.3 Å². The standard InChI is InChI=1S/C11H19NO2S/c1-10-11(3-5-14-10)9-12(2)4-6-13-7-8-15/h3,5,15H,4,6-9H2,1-2H3. The topological polar surface area (TPSA) is 25.6 Å². The number of hydrogen-bond donors (Lipinski definition) is 1. The van der Waals surface area contributed by atoms with E-state index in [4.69, 9.17) is 9.15 Å². The average molecular weight is 229 g/mol. The first kappa shape index (κ1) is 12.6. The van der Waals surface area contributed by atoms with Crippen LogP contribution in [0.25, 0.3) is 0 Å². The average Bonchev–Trinajstić information content (AvgIpc) is 2.59. The van der Waals surface area contributed by atoms with Gasteiger partial charge in [-0.05, 0) is 20.0 Å². The molecule has 0 unspecified atom stereocenters. The van der Waals surface area contributed by atoms with Crippen LogP contribution in [0.5, 0.6) is 0 Å². The zero-order valence-corrected chi connectivity index (χ0v) is 10.3. The first-order chi connectivity index (χ1) is 7.24. The van der Waals surface area contributed by atoms with Gasteiger partial charge in [0.05, 0.1) is 19.5 Å². The van der Waals surface area contributed by atoms with Crippen LogP contribution < -0.4 is 0 Å². The highest BCUT2D eigenvalue weighted by Gasteiger charge is 2.04. The Bertz CT molecular complexity index is 275. The van der Waals surface area contributed by atoms with Crippen LogP contribution in [0.3, 0.4) is 0 Å². The van der Waals surface area contributed by atoms with Gasteiger partial charge < -0.3 is 9.15 Å². The van der Waals surface area contributed by atoms with Gasteiger partial charge in [-0.15, -0.1) is 0 Å². The molecule has 0 aliphatic rings. The maximum absolute atomic E-state index is 5.36. The van der Waals surface area contributed by atoms with Crippen LogP contribution in [0.4, 0.5) is 0 Å². The lowest BCUT2D eigenvalue weighted by Crippen LogP contribution is -2.23. The van der Waals surface area contributed by atoms with Crippen LogP contribution in [0, 0.1) is 6.92 Å². The summed E-state index contributed by atoms with van der Waals surface area (Å²) in [5.41, 5.74) is 1.24. The van der Waals surface area contributed by atoms with E-state index in [1.54, 1.807) is 6.26 Å². The monoisotopic (exact) mass is 229 g/mol. The summed E-state index contributed by atoms with van der Waals surface area (Å²) in [6, 6.07) is 2.01. The molecule has 0 bridgehead atoms. The van der Waals surface area contributed by atoms with Crippen molar-refractivity contribution < 1.29 is 9.15 Å². The number of aryl methyl sites for hydroxylation is 1. The van der Waals surface area contributed by atoms with Crippen molar-refractivity contribution >= 4 is 12.6 Å². The van der Waals surface area contributed by atoms with E-state index in [2.05, 4.69) is 24.6 Å². The molecule has 0 N–H and O–H groups in total. The van der Waals surface area contributed by atoms with Gasteiger partial charge in [-0.25, -0.2) is 0 Å². The predicted octanol–water partition coefficient (Wildman–Crippen LogP) is 1.97. The molecule has 1 aromatic heterocycles. The van der Waals surface area contributed by atoms with Gasteiger partial charge in [0.25, 0.3) is 0 Å². The number of rotatable bonds is 7. The van der Waals surface area contributed by atoms with Crippen molar-refractivity contribution in [3.63, 3.8) is 0 Å². The Morgan fingerprint density at radius 2 is 2.27 bits per heavy atom. The summed E-state index contributed by atoms with van der Waals surface area (Å²) < 4.78 is 10.6. The van der Waals surface area contributed by atoms with E-state index in [0.29, 0.717) is 0 Å². The van der Waals surface area contributed by atoms with Gasteiger partial charge in [-0.2, -0.15) is 12.6 Å². The Morgan fingerprint density at radius 1 is 1.47 bits per heavy atom. The van der Waals surface area contributed by atoms with E-state index in [-0.39, 0.29) is 0 Å². The molecule has 15 heavy (non-hydrogen) atoms. The zero-order chi connectivity index (χ0) is 11.1. The van der Waals surface area contributed by atoms with Crippen molar-refractivity contribution in [2.45, 2.75) is 13.5 Å². The Morgan fingerprint density at radius 3 is 2.87 bits per heavy atom. The molecule has 86 valence electrons. The summed E-state index contributed by atoms with van der Waals surface area (Å²) in [5.74, 6) is 1.78. The van der Waals surface area contributed by atoms with E-state index >= 15 is 0 Å². The Balaban J connectivity index is 2.18. The van der Waals surface area contributed by atoms with Crippen LogP contribution in [-0.4, -0.2) is 37.5 Å². The summed E-state index contributed by atoms with van der Waals surface area (Å²) in [7, 11) is 2.08. The van der Waals surface area contributed by atoms with Gasteiger partial charge in [-0.1, -0.05) is 0 Å². The molecule has 0 radical (unpaired) electrons. The number of ether oxygens (including phenoxy) is 1. The minimum absolute atomic E-state index is 0.724. The molecule has 1 heterocycles. The number of furan rings is 1. The molecule has 0 amide bonds. The Hall–Kier alpha value is -0.450. The fraction of sp³-hybridized carbons (Fsp3) is 0.636. The molecular formula is C11H19NO2S. The molecule has 3 nitrogen and oxygen atoms in total. The van der Waals surface area contributed by atoms with Gasteiger partial charge in [0.1, 0.15) is 5.76 Å². The highest BCUT2D eigenvalue weighted by atomic mass is 32.1. The molecule has 0 saturated heterocycles. The van der Waals surface area contributed by atoms with Gasteiger partial charge in [0, 0.05) is 24.4 Å². The molecule has 0 fully saturated rings. The van der Waals surface area contributed by atoms with E-state index in [9.17, 15) is 0 Å². The molecule has 0 aliphatic carbocycles. The highest BCUT2D eigenvalue weighted by Crippen LogP contribution is 2.10. The lowest BCUT2D eigenvalue weighted by molar-refractivity contribution is 0.122. The summed E-state index contributed by atoms with van der Waals surface area (Å²) >= 11 is 4.08. The normalized spacial score (nSPS) is 11.2. The van der Waals surface area contributed by atoms with E-state index < -0.39 is 0 Å². The number of hydrogen-bond acceptors (Lipinski definition) is 4. The molecule has 0 spiro atoms. The van der Waals surface area contributed by atoms with Crippen molar-refractivity contribution in [2.24, 2.45) is 0 Å². The zero-order valence-electron chi connectivity index (χ0n) is 9.40. The highest BCUT2D eigenvalue weighted by molar-refractivity contribution is 7.80. The summed E-state index contributed by atoms with van der Waals surface area (Å²) in [5, 5.41) is 0. The first-order valence-electron chi connectivity index (χ1n) is 5.14.